The van der Waals surface area contributed by atoms with E-state index in [0.717, 1.165) is 5.56 Å². The molecule has 0 bridgehead atoms. The first-order chi connectivity index (χ1) is 7.95. The van der Waals surface area contributed by atoms with Gasteiger partial charge in [-0.15, -0.1) is 0 Å². The van der Waals surface area contributed by atoms with Crippen molar-refractivity contribution in [2.75, 3.05) is 0 Å². The molecule has 1 N–H and O–H groups in total. The summed E-state index contributed by atoms with van der Waals surface area (Å²) in [7, 11) is 0. The lowest BCUT2D eigenvalue weighted by Crippen LogP contribution is -2.37. The molecule has 0 fully saturated rings. The Morgan fingerprint density at radius 3 is 2.59 bits per heavy atom. The number of hydrogen-bond acceptors (Lipinski definition) is 2. The maximum atomic E-state index is 11.9. The number of aryl methyl sites for hydroxylation is 1. The third kappa shape index (κ3) is 3.47. The lowest BCUT2D eigenvalue weighted by atomic mass is 10.0. The smallest absolute Gasteiger partial charge is 0.252 e. The van der Waals surface area contributed by atoms with Gasteiger partial charge in [0.15, 0.2) is 0 Å². The Bertz CT molecular complexity index is 463. The van der Waals surface area contributed by atoms with Crippen LogP contribution in [-0.2, 0) is 0 Å². The average Bonchev–Trinajstić information content (AvgIpc) is 2.28. The monoisotopic (exact) mass is 250 g/mol. The van der Waals surface area contributed by atoms with Crippen LogP contribution in [0.15, 0.2) is 18.2 Å². The van der Waals surface area contributed by atoms with Crippen molar-refractivity contribution in [3.63, 3.8) is 0 Å². The first kappa shape index (κ1) is 13.5. The maximum Gasteiger partial charge on any atom is 0.252 e. The second-order valence-electron chi connectivity index (χ2n) is 4.29. The highest BCUT2D eigenvalue weighted by Gasteiger charge is 2.16. The summed E-state index contributed by atoms with van der Waals surface area (Å²) in [6.07, 6.45) is 0. The van der Waals surface area contributed by atoms with Gasteiger partial charge in [-0.25, -0.2) is 0 Å². The van der Waals surface area contributed by atoms with Gasteiger partial charge >= 0.3 is 0 Å². The third-order valence-electron chi connectivity index (χ3n) is 2.51. The van der Waals surface area contributed by atoms with Crippen molar-refractivity contribution in [3.8, 4) is 6.07 Å². The molecule has 1 atom stereocenters. The van der Waals surface area contributed by atoms with E-state index in [2.05, 4.69) is 11.4 Å². The van der Waals surface area contributed by atoms with Crippen molar-refractivity contribution in [2.24, 2.45) is 5.92 Å². The predicted molar refractivity (Wildman–Crippen MR) is 67.9 cm³/mol. The number of hydrogen-bond donors (Lipinski definition) is 1. The van der Waals surface area contributed by atoms with Crippen LogP contribution in [0.5, 0.6) is 0 Å². The van der Waals surface area contributed by atoms with E-state index in [0.29, 0.717) is 10.6 Å². The summed E-state index contributed by atoms with van der Waals surface area (Å²) in [6, 6.07) is 6.65. The molecule has 4 heteroatoms. The molecule has 0 heterocycles. The molecule has 0 saturated carbocycles. The summed E-state index contributed by atoms with van der Waals surface area (Å²) in [5.74, 6) is -0.164. The van der Waals surface area contributed by atoms with Crippen molar-refractivity contribution in [1.29, 1.82) is 5.26 Å². The molecular weight excluding hydrogens is 236 g/mol. The summed E-state index contributed by atoms with van der Waals surface area (Å²) in [5, 5.41) is 12.2. The van der Waals surface area contributed by atoms with Crippen LogP contribution in [0.3, 0.4) is 0 Å². The largest absolute Gasteiger partial charge is 0.336 e. The summed E-state index contributed by atoms with van der Waals surface area (Å²) in [5.41, 5.74) is 1.37. The van der Waals surface area contributed by atoms with Crippen molar-refractivity contribution >= 4 is 17.5 Å². The standard InChI is InChI=1S/C13H15ClN2O/c1-8(2)12(7-15)16-13(17)10-4-5-11(14)9(3)6-10/h4-6,8,12H,1-3H3,(H,16,17). The molecule has 0 spiro atoms. The van der Waals surface area contributed by atoms with Gasteiger partial charge in [-0.3, -0.25) is 4.79 Å². The Labute approximate surface area is 106 Å². The normalized spacial score (nSPS) is 12.0. The number of nitrogens with one attached hydrogen (secondary N) is 1. The topological polar surface area (TPSA) is 52.9 Å². The molecule has 3 nitrogen and oxygen atoms in total. The van der Waals surface area contributed by atoms with Crippen LogP contribution in [0.1, 0.15) is 29.8 Å². The summed E-state index contributed by atoms with van der Waals surface area (Å²) in [6.45, 7) is 5.62. The lowest BCUT2D eigenvalue weighted by Gasteiger charge is -2.15. The number of benzene rings is 1. The summed E-state index contributed by atoms with van der Waals surface area (Å²) in [4.78, 5) is 11.9. The van der Waals surface area contributed by atoms with Gasteiger partial charge in [0, 0.05) is 10.6 Å². The Hall–Kier alpha value is -1.53. The minimum Gasteiger partial charge on any atom is -0.336 e. The van der Waals surface area contributed by atoms with Crippen molar-refractivity contribution < 1.29 is 4.79 Å². The molecule has 0 aliphatic heterocycles. The van der Waals surface area contributed by atoms with E-state index in [1.807, 2.05) is 20.8 Å². The van der Waals surface area contributed by atoms with E-state index in [1.165, 1.54) is 0 Å². The van der Waals surface area contributed by atoms with Gasteiger partial charge in [-0.1, -0.05) is 25.4 Å². The molecule has 0 saturated heterocycles. The zero-order valence-corrected chi connectivity index (χ0v) is 10.9. The first-order valence-electron chi connectivity index (χ1n) is 5.42. The number of halogens is 1. The number of carbonyl (C=O) groups is 1. The van der Waals surface area contributed by atoms with Gasteiger partial charge in [-0.2, -0.15) is 5.26 Å². The fourth-order valence-electron chi connectivity index (χ4n) is 1.36. The fourth-order valence-corrected chi connectivity index (χ4v) is 1.48. The molecule has 90 valence electrons. The molecule has 1 aromatic rings. The van der Waals surface area contributed by atoms with Crippen LogP contribution < -0.4 is 5.32 Å². The van der Waals surface area contributed by atoms with Crippen LogP contribution in [0.4, 0.5) is 0 Å². The lowest BCUT2D eigenvalue weighted by molar-refractivity contribution is 0.0937. The van der Waals surface area contributed by atoms with Crippen molar-refractivity contribution in [1.82, 2.24) is 5.32 Å². The minimum atomic E-state index is -0.474. The van der Waals surface area contributed by atoms with Gasteiger partial charge in [-0.05, 0) is 36.6 Å². The van der Waals surface area contributed by atoms with E-state index >= 15 is 0 Å². The van der Waals surface area contributed by atoms with Crippen LogP contribution >= 0.6 is 11.6 Å². The number of nitriles is 1. The second kappa shape index (κ2) is 5.70. The van der Waals surface area contributed by atoms with E-state index in [4.69, 9.17) is 16.9 Å². The van der Waals surface area contributed by atoms with E-state index < -0.39 is 6.04 Å². The van der Waals surface area contributed by atoms with Crippen molar-refractivity contribution in [3.05, 3.63) is 34.3 Å². The van der Waals surface area contributed by atoms with Crippen LogP contribution in [-0.4, -0.2) is 11.9 Å². The van der Waals surface area contributed by atoms with Crippen molar-refractivity contribution in [2.45, 2.75) is 26.8 Å². The highest BCUT2D eigenvalue weighted by Crippen LogP contribution is 2.16. The zero-order chi connectivity index (χ0) is 13.0. The quantitative estimate of drug-likeness (QED) is 0.897. The van der Waals surface area contributed by atoms with Gasteiger partial charge in [0.2, 0.25) is 0 Å². The number of amides is 1. The Morgan fingerprint density at radius 1 is 1.47 bits per heavy atom. The van der Waals surface area contributed by atoms with Gasteiger partial charge in [0.05, 0.1) is 6.07 Å². The zero-order valence-electron chi connectivity index (χ0n) is 10.1. The van der Waals surface area contributed by atoms with E-state index in [1.54, 1.807) is 18.2 Å². The molecule has 0 radical (unpaired) electrons. The molecule has 17 heavy (non-hydrogen) atoms. The second-order valence-corrected chi connectivity index (χ2v) is 4.70. The molecule has 0 aliphatic carbocycles. The van der Waals surface area contributed by atoms with Crippen LogP contribution in [0, 0.1) is 24.2 Å². The van der Waals surface area contributed by atoms with Gasteiger partial charge in [0.1, 0.15) is 6.04 Å². The number of nitrogens with zero attached hydrogens (tertiary/aromatic N) is 1. The molecular formula is C13H15ClN2O. The summed E-state index contributed by atoms with van der Waals surface area (Å²) >= 11 is 5.88. The molecule has 1 amide bonds. The highest BCUT2D eigenvalue weighted by molar-refractivity contribution is 6.31. The first-order valence-corrected chi connectivity index (χ1v) is 5.80. The SMILES string of the molecule is Cc1cc(C(=O)NC(C#N)C(C)C)ccc1Cl. The Balaban J connectivity index is 2.83. The van der Waals surface area contributed by atoms with E-state index in [-0.39, 0.29) is 11.8 Å². The highest BCUT2D eigenvalue weighted by atomic mass is 35.5. The summed E-state index contributed by atoms with van der Waals surface area (Å²) < 4.78 is 0. The molecule has 0 aromatic heterocycles. The molecule has 1 aromatic carbocycles. The van der Waals surface area contributed by atoms with E-state index in [9.17, 15) is 4.79 Å². The minimum absolute atomic E-state index is 0.0809. The van der Waals surface area contributed by atoms with Crippen LogP contribution in [0.2, 0.25) is 5.02 Å². The predicted octanol–water partition coefficient (Wildman–Crippen LogP) is 2.93. The number of rotatable bonds is 3. The average molecular weight is 251 g/mol. The molecule has 0 aliphatic rings. The fraction of sp³-hybridized carbons (Fsp3) is 0.385. The third-order valence-corrected chi connectivity index (χ3v) is 2.94. The van der Waals surface area contributed by atoms with Crippen LogP contribution in [0.25, 0.3) is 0 Å². The van der Waals surface area contributed by atoms with Gasteiger partial charge in [0.25, 0.3) is 5.91 Å². The Morgan fingerprint density at radius 2 is 2.12 bits per heavy atom. The molecule has 1 unspecified atom stereocenters. The maximum absolute atomic E-state index is 11.9. The Kier molecular flexibility index (Phi) is 4.53. The van der Waals surface area contributed by atoms with Gasteiger partial charge < -0.3 is 5.32 Å². The molecule has 1 rings (SSSR count). The number of carbonyl (C=O) groups excluding carboxylic acids is 1.